The van der Waals surface area contributed by atoms with Crippen molar-refractivity contribution in [2.45, 2.75) is 39.5 Å². The van der Waals surface area contributed by atoms with Crippen LogP contribution < -0.4 is 0 Å². The highest BCUT2D eigenvalue weighted by molar-refractivity contribution is 7.11. The molecule has 62 valence electrons. The van der Waals surface area contributed by atoms with Crippen LogP contribution in [0, 0.1) is 6.92 Å². The molecule has 2 nitrogen and oxygen atoms in total. The molecule has 1 rings (SSSR count). The zero-order chi connectivity index (χ0) is 8.27. The lowest BCUT2D eigenvalue weighted by molar-refractivity contribution is 0.653. The van der Waals surface area contributed by atoms with E-state index >= 15 is 0 Å². The Morgan fingerprint density at radius 1 is 1.45 bits per heavy atom. The van der Waals surface area contributed by atoms with E-state index in [1.807, 2.05) is 6.92 Å². The van der Waals surface area contributed by atoms with E-state index in [1.165, 1.54) is 17.8 Å². The average molecular weight is 170 g/mol. The van der Waals surface area contributed by atoms with Gasteiger partial charge in [-0.1, -0.05) is 20.3 Å². The molecule has 11 heavy (non-hydrogen) atoms. The average Bonchev–Trinajstić information content (AvgIpc) is 2.36. The van der Waals surface area contributed by atoms with E-state index < -0.39 is 0 Å². The molecular weight excluding hydrogens is 156 g/mol. The van der Waals surface area contributed by atoms with E-state index in [0.717, 1.165) is 5.01 Å². The van der Waals surface area contributed by atoms with Crippen LogP contribution in [0.5, 0.6) is 0 Å². The molecule has 0 bridgehead atoms. The van der Waals surface area contributed by atoms with Gasteiger partial charge in [0, 0.05) is 5.92 Å². The van der Waals surface area contributed by atoms with Crippen LogP contribution in [-0.2, 0) is 0 Å². The second-order valence-electron chi connectivity index (χ2n) is 2.85. The zero-order valence-electron chi connectivity index (χ0n) is 7.29. The van der Waals surface area contributed by atoms with Crippen LogP contribution in [0.25, 0.3) is 0 Å². The van der Waals surface area contributed by atoms with Crippen molar-refractivity contribution < 1.29 is 0 Å². The Hall–Kier alpha value is -0.440. The first-order chi connectivity index (χ1) is 5.24. The summed E-state index contributed by atoms with van der Waals surface area (Å²) < 4.78 is 0. The van der Waals surface area contributed by atoms with Gasteiger partial charge in [0.25, 0.3) is 0 Å². The van der Waals surface area contributed by atoms with Gasteiger partial charge in [-0.15, -0.1) is 21.5 Å². The van der Waals surface area contributed by atoms with Gasteiger partial charge in [-0.25, -0.2) is 0 Å². The molecule has 0 aliphatic heterocycles. The van der Waals surface area contributed by atoms with Crippen LogP contribution in [0.4, 0.5) is 0 Å². The van der Waals surface area contributed by atoms with Crippen molar-refractivity contribution in [3.63, 3.8) is 0 Å². The Morgan fingerprint density at radius 3 is 2.64 bits per heavy atom. The fourth-order valence-electron chi connectivity index (χ4n) is 1.07. The van der Waals surface area contributed by atoms with Crippen molar-refractivity contribution in [3.8, 4) is 0 Å². The highest BCUT2D eigenvalue weighted by Crippen LogP contribution is 2.22. The summed E-state index contributed by atoms with van der Waals surface area (Å²) in [5.41, 5.74) is 0. The number of nitrogens with zero attached hydrogens (tertiary/aromatic N) is 2. The molecule has 0 N–H and O–H groups in total. The van der Waals surface area contributed by atoms with Crippen molar-refractivity contribution in [1.29, 1.82) is 0 Å². The zero-order valence-corrected chi connectivity index (χ0v) is 8.11. The van der Waals surface area contributed by atoms with E-state index in [9.17, 15) is 0 Å². The Morgan fingerprint density at radius 2 is 2.18 bits per heavy atom. The first kappa shape index (κ1) is 8.65. The summed E-state index contributed by atoms with van der Waals surface area (Å²) in [7, 11) is 0. The van der Waals surface area contributed by atoms with E-state index in [-0.39, 0.29) is 0 Å². The topological polar surface area (TPSA) is 25.8 Å². The Kier molecular flexibility index (Phi) is 3.00. The van der Waals surface area contributed by atoms with Crippen molar-refractivity contribution in [3.05, 3.63) is 10.0 Å². The fourth-order valence-corrected chi connectivity index (χ4v) is 1.85. The lowest BCUT2D eigenvalue weighted by Crippen LogP contribution is -1.91. The molecule has 1 aromatic rings. The maximum absolute atomic E-state index is 4.10. The third-order valence-electron chi connectivity index (χ3n) is 1.68. The summed E-state index contributed by atoms with van der Waals surface area (Å²) in [5.74, 6) is 0.589. The molecule has 0 aliphatic rings. The lowest BCUT2D eigenvalue weighted by atomic mass is 10.1. The van der Waals surface area contributed by atoms with Crippen molar-refractivity contribution in [2.75, 3.05) is 0 Å². The van der Waals surface area contributed by atoms with Crippen molar-refractivity contribution in [2.24, 2.45) is 0 Å². The van der Waals surface area contributed by atoms with Gasteiger partial charge >= 0.3 is 0 Å². The molecule has 3 heteroatoms. The van der Waals surface area contributed by atoms with Gasteiger partial charge < -0.3 is 0 Å². The first-order valence-corrected chi connectivity index (χ1v) is 4.85. The fraction of sp³-hybridized carbons (Fsp3) is 0.750. The molecule has 0 saturated carbocycles. The van der Waals surface area contributed by atoms with E-state index in [0.29, 0.717) is 5.92 Å². The normalized spacial score (nSPS) is 13.4. The smallest absolute Gasteiger partial charge is 0.120 e. The van der Waals surface area contributed by atoms with Gasteiger partial charge in [0.05, 0.1) is 0 Å². The standard InChI is InChI=1S/C8H14N2S/c1-4-5-6(2)8-10-9-7(3)11-8/h6H,4-5H2,1-3H3. The van der Waals surface area contributed by atoms with Crippen LogP contribution >= 0.6 is 11.3 Å². The monoisotopic (exact) mass is 170 g/mol. The number of rotatable bonds is 3. The second-order valence-corrected chi connectivity index (χ2v) is 4.06. The van der Waals surface area contributed by atoms with Crippen molar-refractivity contribution in [1.82, 2.24) is 10.2 Å². The van der Waals surface area contributed by atoms with Gasteiger partial charge in [-0.05, 0) is 13.3 Å². The summed E-state index contributed by atoms with van der Waals surface area (Å²) in [5, 5.41) is 10.3. The number of aryl methyl sites for hydroxylation is 1. The molecule has 0 radical (unpaired) electrons. The van der Waals surface area contributed by atoms with E-state index in [1.54, 1.807) is 11.3 Å². The minimum atomic E-state index is 0.589. The molecule has 1 unspecified atom stereocenters. The molecule has 0 aromatic carbocycles. The van der Waals surface area contributed by atoms with Gasteiger partial charge in [0.15, 0.2) is 0 Å². The summed E-state index contributed by atoms with van der Waals surface area (Å²) in [6, 6.07) is 0. The molecule has 0 fully saturated rings. The predicted octanol–water partition coefficient (Wildman–Crippen LogP) is 2.75. The molecule has 0 spiro atoms. The maximum atomic E-state index is 4.10. The van der Waals surface area contributed by atoms with Gasteiger partial charge in [0.2, 0.25) is 0 Å². The predicted molar refractivity (Wildman–Crippen MR) is 48.0 cm³/mol. The van der Waals surface area contributed by atoms with Crippen LogP contribution in [0.15, 0.2) is 0 Å². The lowest BCUT2D eigenvalue weighted by Gasteiger charge is -2.02. The third-order valence-corrected chi connectivity index (χ3v) is 2.76. The molecule has 1 atom stereocenters. The van der Waals surface area contributed by atoms with Gasteiger partial charge in [-0.2, -0.15) is 0 Å². The molecule has 1 aromatic heterocycles. The molecule has 0 saturated heterocycles. The van der Waals surface area contributed by atoms with Crippen LogP contribution in [-0.4, -0.2) is 10.2 Å². The second kappa shape index (κ2) is 3.81. The summed E-state index contributed by atoms with van der Waals surface area (Å²) in [4.78, 5) is 0. The van der Waals surface area contributed by atoms with Crippen molar-refractivity contribution >= 4 is 11.3 Å². The SMILES string of the molecule is CCCC(C)c1nnc(C)s1. The highest BCUT2D eigenvalue weighted by Gasteiger charge is 2.08. The summed E-state index contributed by atoms with van der Waals surface area (Å²) >= 11 is 1.71. The molecule has 0 amide bonds. The van der Waals surface area contributed by atoms with E-state index in [4.69, 9.17) is 0 Å². The number of aromatic nitrogens is 2. The summed E-state index contributed by atoms with van der Waals surface area (Å²) in [6.07, 6.45) is 2.44. The molecule has 1 heterocycles. The third kappa shape index (κ3) is 2.26. The van der Waals surface area contributed by atoms with Gasteiger partial charge in [-0.3, -0.25) is 0 Å². The largest absolute Gasteiger partial charge is 0.144 e. The Labute approximate surface area is 71.7 Å². The molecular formula is C8H14N2S. The minimum Gasteiger partial charge on any atom is -0.144 e. The van der Waals surface area contributed by atoms with Crippen LogP contribution in [0.3, 0.4) is 0 Å². The summed E-state index contributed by atoms with van der Waals surface area (Å²) in [6.45, 7) is 6.41. The quantitative estimate of drug-likeness (QED) is 0.697. The Bertz CT molecular complexity index is 220. The maximum Gasteiger partial charge on any atom is 0.120 e. The van der Waals surface area contributed by atoms with Crippen LogP contribution in [0.1, 0.15) is 42.6 Å². The number of hydrogen-bond acceptors (Lipinski definition) is 3. The highest BCUT2D eigenvalue weighted by atomic mass is 32.1. The van der Waals surface area contributed by atoms with Crippen LogP contribution in [0.2, 0.25) is 0 Å². The van der Waals surface area contributed by atoms with Gasteiger partial charge in [0.1, 0.15) is 10.0 Å². The minimum absolute atomic E-state index is 0.589. The first-order valence-electron chi connectivity index (χ1n) is 4.04. The Balaban J connectivity index is 2.60. The number of hydrogen-bond donors (Lipinski definition) is 0. The van der Waals surface area contributed by atoms with E-state index in [2.05, 4.69) is 24.0 Å². The molecule has 0 aliphatic carbocycles.